The van der Waals surface area contributed by atoms with E-state index in [1.807, 2.05) is 0 Å². The van der Waals surface area contributed by atoms with Crippen LogP contribution in [-0.2, 0) is 0 Å². The standard InChI is InChI=1S/C25H25ClF2N4O3S/c1-4-21(35-15-7-8-19(18(26)9-15)31-24(36)30-14-5-6-14)16-10-17(22(34-3)11-20(16)29-2)23(33)32-12-25(27,28)13-32/h4,7-11,14H,2,5-6,12-13H2,1,3H3,(H2,30,31,36)/b21-4+. The first-order chi connectivity index (χ1) is 17.1. The van der Waals surface area contributed by atoms with Gasteiger partial charge in [-0.2, -0.15) is 0 Å². The van der Waals surface area contributed by atoms with Crippen LogP contribution in [0.25, 0.3) is 5.76 Å². The summed E-state index contributed by atoms with van der Waals surface area (Å²) in [6, 6.07) is 8.54. The number of hydrogen-bond donors (Lipinski definition) is 2. The summed E-state index contributed by atoms with van der Waals surface area (Å²) < 4.78 is 38.1. The Hall–Kier alpha value is -3.24. The van der Waals surface area contributed by atoms with E-state index in [9.17, 15) is 13.6 Å². The minimum absolute atomic E-state index is 0.118. The van der Waals surface area contributed by atoms with Crippen LogP contribution < -0.4 is 20.1 Å². The van der Waals surface area contributed by atoms with E-state index in [1.54, 1.807) is 31.2 Å². The number of likely N-dealkylation sites (tertiary alicyclic amines) is 1. The third-order valence-corrected chi connectivity index (χ3v) is 6.24. The highest BCUT2D eigenvalue weighted by Crippen LogP contribution is 2.38. The van der Waals surface area contributed by atoms with Gasteiger partial charge in [0.2, 0.25) is 0 Å². The zero-order valence-electron chi connectivity index (χ0n) is 19.7. The van der Waals surface area contributed by atoms with Crippen molar-refractivity contribution in [2.45, 2.75) is 31.7 Å². The lowest BCUT2D eigenvalue weighted by atomic mass is 10.0. The fourth-order valence-corrected chi connectivity index (χ4v) is 4.18. The Kier molecular flexibility index (Phi) is 7.46. The molecule has 1 heterocycles. The molecule has 2 aromatic rings. The van der Waals surface area contributed by atoms with Crippen LogP contribution >= 0.6 is 23.8 Å². The first-order valence-corrected chi connectivity index (χ1v) is 12.0. The van der Waals surface area contributed by atoms with Crippen molar-refractivity contribution in [3.8, 4) is 11.5 Å². The fraction of sp³-hybridized carbons (Fsp3) is 0.320. The zero-order valence-corrected chi connectivity index (χ0v) is 21.3. The highest BCUT2D eigenvalue weighted by atomic mass is 35.5. The summed E-state index contributed by atoms with van der Waals surface area (Å²) in [5.74, 6) is -2.46. The molecule has 1 amide bonds. The Bertz CT molecular complexity index is 1240. The normalized spacial score (nSPS) is 16.6. The molecule has 2 N–H and O–H groups in total. The number of ether oxygens (including phenoxy) is 2. The lowest BCUT2D eigenvalue weighted by Crippen LogP contribution is -2.58. The molecule has 0 aromatic heterocycles. The number of carbonyl (C=O) groups is 1. The minimum Gasteiger partial charge on any atom is -0.496 e. The molecule has 1 aliphatic carbocycles. The van der Waals surface area contributed by atoms with Gasteiger partial charge in [-0.1, -0.05) is 11.6 Å². The van der Waals surface area contributed by atoms with E-state index < -0.39 is 24.9 Å². The molecule has 0 unspecified atom stereocenters. The van der Waals surface area contributed by atoms with Gasteiger partial charge in [0.25, 0.3) is 11.8 Å². The van der Waals surface area contributed by atoms with Gasteiger partial charge in [0, 0.05) is 23.7 Å². The number of rotatable bonds is 8. The molecule has 4 rings (SSSR count). The number of nitrogens with zero attached hydrogens (tertiary/aromatic N) is 2. The number of hydrogen-bond acceptors (Lipinski definition) is 5. The molecule has 0 spiro atoms. The van der Waals surface area contributed by atoms with Crippen LogP contribution in [0.15, 0.2) is 41.4 Å². The Labute approximate surface area is 218 Å². The first-order valence-electron chi connectivity index (χ1n) is 11.2. The highest BCUT2D eigenvalue weighted by Gasteiger charge is 2.47. The summed E-state index contributed by atoms with van der Waals surface area (Å²) in [5, 5.41) is 7.15. The Morgan fingerprint density at radius 1 is 1.28 bits per heavy atom. The lowest BCUT2D eigenvalue weighted by molar-refractivity contribution is -0.113. The van der Waals surface area contributed by atoms with Crippen molar-refractivity contribution >= 4 is 58.7 Å². The van der Waals surface area contributed by atoms with E-state index in [-0.39, 0.29) is 11.3 Å². The Balaban J connectivity index is 1.57. The van der Waals surface area contributed by atoms with Crippen LogP contribution in [-0.4, -0.2) is 54.8 Å². The number of carbonyl (C=O) groups excluding carboxylic acids is 1. The first kappa shape index (κ1) is 25.8. The number of benzene rings is 2. The van der Waals surface area contributed by atoms with Crippen molar-refractivity contribution < 1.29 is 23.0 Å². The summed E-state index contributed by atoms with van der Waals surface area (Å²) in [4.78, 5) is 18.0. The van der Waals surface area contributed by atoms with Crippen LogP contribution in [0.1, 0.15) is 35.7 Å². The monoisotopic (exact) mass is 534 g/mol. The molecule has 190 valence electrons. The summed E-state index contributed by atoms with van der Waals surface area (Å²) in [7, 11) is 1.39. The number of allylic oxidation sites excluding steroid dienone is 1. The van der Waals surface area contributed by atoms with Gasteiger partial charge in [-0.05, 0) is 63.0 Å². The van der Waals surface area contributed by atoms with E-state index >= 15 is 0 Å². The predicted molar refractivity (Wildman–Crippen MR) is 141 cm³/mol. The van der Waals surface area contributed by atoms with Crippen molar-refractivity contribution in [2.75, 3.05) is 25.5 Å². The zero-order chi connectivity index (χ0) is 26.0. The van der Waals surface area contributed by atoms with Crippen LogP contribution in [0, 0.1) is 0 Å². The molecule has 1 saturated heterocycles. The third kappa shape index (κ3) is 5.76. The summed E-state index contributed by atoms with van der Waals surface area (Å²) in [5.41, 5.74) is 1.58. The smallest absolute Gasteiger partial charge is 0.282 e. The molecule has 0 bridgehead atoms. The number of thiocarbonyl (C=S) groups is 1. The number of aliphatic imine (C=N–C) groups is 1. The van der Waals surface area contributed by atoms with Crippen LogP contribution in [0.5, 0.6) is 11.5 Å². The second kappa shape index (κ2) is 10.4. The van der Waals surface area contributed by atoms with Crippen LogP contribution in [0.3, 0.4) is 0 Å². The predicted octanol–water partition coefficient (Wildman–Crippen LogP) is 5.66. The average Bonchev–Trinajstić information content (AvgIpc) is 3.65. The number of methoxy groups -OCH3 is 1. The lowest BCUT2D eigenvalue weighted by Gasteiger charge is -2.38. The molecule has 2 aliphatic rings. The molecule has 11 heteroatoms. The van der Waals surface area contributed by atoms with E-state index in [4.69, 9.17) is 33.3 Å². The molecule has 0 atom stereocenters. The van der Waals surface area contributed by atoms with Gasteiger partial charge in [0.15, 0.2) is 5.11 Å². The second-order valence-corrected chi connectivity index (χ2v) is 9.33. The quantitative estimate of drug-likeness (QED) is 0.258. The maximum Gasteiger partial charge on any atom is 0.282 e. The van der Waals surface area contributed by atoms with Gasteiger partial charge in [0.05, 0.1) is 42.2 Å². The van der Waals surface area contributed by atoms with Gasteiger partial charge in [-0.15, -0.1) is 0 Å². The number of alkyl halides is 2. The molecule has 1 aliphatic heterocycles. The van der Waals surface area contributed by atoms with E-state index in [1.165, 1.54) is 19.2 Å². The van der Waals surface area contributed by atoms with E-state index in [0.717, 1.165) is 17.7 Å². The minimum atomic E-state index is -2.89. The average molecular weight is 535 g/mol. The van der Waals surface area contributed by atoms with Gasteiger partial charge in [-0.25, -0.2) is 8.78 Å². The van der Waals surface area contributed by atoms with Gasteiger partial charge >= 0.3 is 0 Å². The Morgan fingerprint density at radius 2 is 2.00 bits per heavy atom. The number of amides is 1. The number of nitrogens with one attached hydrogen (secondary N) is 2. The number of halogens is 3. The van der Waals surface area contributed by atoms with Crippen molar-refractivity contribution in [1.29, 1.82) is 0 Å². The molecule has 2 aromatic carbocycles. The molecule has 1 saturated carbocycles. The fourth-order valence-electron chi connectivity index (χ4n) is 3.69. The van der Waals surface area contributed by atoms with Gasteiger partial charge in [0.1, 0.15) is 17.3 Å². The molecule has 0 radical (unpaired) electrons. The third-order valence-electron chi connectivity index (χ3n) is 5.71. The van der Waals surface area contributed by atoms with Crippen molar-refractivity contribution in [3.05, 3.63) is 52.6 Å². The van der Waals surface area contributed by atoms with E-state index in [2.05, 4.69) is 22.3 Å². The SMILES string of the molecule is C=Nc1cc(OC)c(C(=O)N2CC(F)(F)C2)cc1/C(=C\C)Oc1ccc(NC(=S)NC2CC2)c(Cl)c1. The summed E-state index contributed by atoms with van der Waals surface area (Å²) >= 11 is 11.7. The van der Waals surface area contributed by atoms with Crippen LogP contribution in [0.2, 0.25) is 5.02 Å². The summed E-state index contributed by atoms with van der Waals surface area (Å²) in [6.07, 6.45) is 3.88. The van der Waals surface area contributed by atoms with E-state index in [0.29, 0.717) is 44.6 Å². The molecular formula is C25H25ClF2N4O3S. The number of anilines is 1. The molecular weight excluding hydrogens is 510 g/mol. The van der Waals surface area contributed by atoms with Crippen molar-refractivity contribution in [3.63, 3.8) is 0 Å². The maximum absolute atomic E-state index is 13.4. The topological polar surface area (TPSA) is 75.2 Å². The van der Waals surface area contributed by atoms with Gasteiger partial charge in [-0.3, -0.25) is 9.79 Å². The van der Waals surface area contributed by atoms with Crippen molar-refractivity contribution in [2.24, 2.45) is 4.99 Å². The van der Waals surface area contributed by atoms with Gasteiger partial charge < -0.3 is 25.0 Å². The highest BCUT2D eigenvalue weighted by molar-refractivity contribution is 7.80. The molecule has 7 nitrogen and oxygen atoms in total. The Morgan fingerprint density at radius 3 is 2.56 bits per heavy atom. The summed E-state index contributed by atoms with van der Waals surface area (Å²) in [6.45, 7) is 4.06. The molecule has 2 fully saturated rings. The van der Waals surface area contributed by atoms with Crippen molar-refractivity contribution in [1.82, 2.24) is 10.2 Å². The molecule has 36 heavy (non-hydrogen) atoms. The largest absolute Gasteiger partial charge is 0.496 e. The maximum atomic E-state index is 13.4. The second-order valence-electron chi connectivity index (χ2n) is 8.51. The van der Waals surface area contributed by atoms with Crippen LogP contribution in [0.4, 0.5) is 20.2 Å².